The van der Waals surface area contributed by atoms with Crippen molar-refractivity contribution in [2.24, 2.45) is 0 Å². The number of hydrogen-bond donors (Lipinski definition) is 2. The summed E-state index contributed by atoms with van der Waals surface area (Å²) in [4.78, 5) is 27.6. The molecule has 0 aliphatic carbocycles. The number of rotatable bonds is 7. The lowest BCUT2D eigenvalue weighted by Crippen LogP contribution is -2.39. The molecule has 1 aliphatic heterocycles. The lowest BCUT2D eigenvalue weighted by molar-refractivity contribution is -0.117. The number of benzene rings is 1. The van der Waals surface area contributed by atoms with Crippen LogP contribution < -0.4 is 15.5 Å². The number of anilines is 1. The summed E-state index contributed by atoms with van der Waals surface area (Å²) in [6.07, 6.45) is 3.49. The number of imide groups is 1. The fraction of sp³-hybridized carbons (Fsp3) is 0.364. The van der Waals surface area contributed by atoms with E-state index in [0.717, 1.165) is 42.4 Å². The van der Waals surface area contributed by atoms with Gasteiger partial charge in [0.05, 0.1) is 18.0 Å². The number of thioether (sulfide) groups is 1. The Labute approximate surface area is 195 Å². The van der Waals surface area contributed by atoms with E-state index in [0.29, 0.717) is 11.7 Å². The molecular formula is C22H26N6O2S2. The van der Waals surface area contributed by atoms with Crippen LogP contribution in [0.5, 0.6) is 0 Å². The Bertz CT molecular complexity index is 1040. The molecule has 3 aromatic rings. The van der Waals surface area contributed by atoms with Crippen molar-refractivity contribution in [3.05, 3.63) is 52.2 Å². The Hall–Kier alpha value is -2.85. The van der Waals surface area contributed by atoms with Crippen molar-refractivity contribution in [2.75, 3.05) is 23.7 Å². The molecule has 1 saturated heterocycles. The van der Waals surface area contributed by atoms with Gasteiger partial charge in [-0.3, -0.25) is 14.7 Å². The van der Waals surface area contributed by atoms with Crippen LogP contribution in [0, 0.1) is 6.92 Å². The van der Waals surface area contributed by atoms with Gasteiger partial charge in [0.1, 0.15) is 0 Å². The van der Waals surface area contributed by atoms with E-state index < -0.39 is 6.03 Å². The van der Waals surface area contributed by atoms with E-state index >= 15 is 0 Å². The molecule has 1 aromatic carbocycles. The molecule has 1 aliphatic rings. The Morgan fingerprint density at radius 1 is 1.09 bits per heavy atom. The number of aromatic nitrogens is 3. The van der Waals surface area contributed by atoms with Crippen molar-refractivity contribution >= 4 is 41.0 Å². The van der Waals surface area contributed by atoms with Crippen LogP contribution in [-0.4, -0.2) is 45.5 Å². The third-order valence-corrected chi connectivity index (χ3v) is 6.94. The van der Waals surface area contributed by atoms with Crippen LogP contribution in [0.2, 0.25) is 0 Å². The van der Waals surface area contributed by atoms with Gasteiger partial charge in [-0.1, -0.05) is 35.5 Å². The molecule has 1 fully saturated rings. The van der Waals surface area contributed by atoms with Crippen LogP contribution in [0.1, 0.15) is 29.7 Å². The number of carbonyl (C=O) groups excluding carboxylic acids is 2. The number of carbonyl (C=O) groups is 2. The van der Waals surface area contributed by atoms with Gasteiger partial charge in [0.15, 0.2) is 5.16 Å². The minimum atomic E-state index is -0.502. The van der Waals surface area contributed by atoms with Gasteiger partial charge in [-0.15, -0.1) is 21.5 Å². The van der Waals surface area contributed by atoms with E-state index in [9.17, 15) is 9.59 Å². The Kier molecular flexibility index (Phi) is 7.43. The molecule has 2 aromatic heterocycles. The first-order valence-corrected chi connectivity index (χ1v) is 12.5. The normalized spacial score (nSPS) is 13.7. The molecule has 2 N–H and O–H groups in total. The molecule has 168 valence electrons. The SMILES string of the molecule is Cc1ccc(-n2c(SCC(=O)NC(=O)NCc3cccs3)nnc2N2CCCCC2)cc1. The molecule has 4 rings (SSSR count). The zero-order valence-electron chi connectivity index (χ0n) is 17.9. The zero-order chi connectivity index (χ0) is 22.3. The summed E-state index contributed by atoms with van der Waals surface area (Å²) >= 11 is 2.82. The summed E-state index contributed by atoms with van der Waals surface area (Å²) in [5.74, 6) is 0.484. The van der Waals surface area contributed by atoms with E-state index in [2.05, 4.69) is 37.9 Å². The van der Waals surface area contributed by atoms with Crippen LogP contribution >= 0.6 is 23.1 Å². The third-order valence-electron chi connectivity index (χ3n) is 5.14. The van der Waals surface area contributed by atoms with Gasteiger partial charge in [-0.05, 0) is 49.8 Å². The Morgan fingerprint density at radius 2 is 1.88 bits per heavy atom. The molecule has 3 amide bonds. The van der Waals surface area contributed by atoms with Crippen molar-refractivity contribution in [3.63, 3.8) is 0 Å². The van der Waals surface area contributed by atoms with Gasteiger partial charge in [-0.2, -0.15) is 0 Å². The second kappa shape index (κ2) is 10.6. The maximum Gasteiger partial charge on any atom is 0.321 e. The van der Waals surface area contributed by atoms with Crippen molar-refractivity contribution in [2.45, 2.75) is 37.9 Å². The van der Waals surface area contributed by atoms with Crippen LogP contribution in [-0.2, 0) is 11.3 Å². The van der Waals surface area contributed by atoms with Gasteiger partial charge < -0.3 is 10.2 Å². The number of piperidine rings is 1. The number of urea groups is 1. The van der Waals surface area contributed by atoms with E-state index in [1.54, 1.807) is 11.3 Å². The van der Waals surface area contributed by atoms with E-state index in [4.69, 9.17) is 0 Å². The number of aryl methyl sites for hydroxylation is 1. The van der Waals surface area contributed by atoms with Crippen LogP contribution in [0.4, 0.5) is 10.7 Å². The van der Waals surface area contributed by atoms with Gasteiger partial charge in [0, 0.05) is 18.0 Å². The molecule has 8 nitrogen and oxygen atoms in total. The summed E-state index contributed by atoms with van der Waals surface area (Å²) in [6.45, 7) is 4.33. The molecule has 0 spiro atoms. The first-order chi connectivity index (χ1) is 15.6. The highest BCUT2D eigenvalue weighted by Gasteiger charge is 2.22. The van der Waals surface area contributed by atoms with E-state index in [-0.39, 0.29) is 11.7 Å². The summed E-state index contributed by atoms with van der Waals surface area (Å²) in [7, 11) is 0. The number of thiophene rings is 1. The standard InChI is InChI=1S/C22H26N6O2S2/c1-16-7-9-17(10-8-16)28-21(27-11-3-2-4-12-27)25-26-22(28)32-15-19(29)24-20(30)23-14-18-6-5-13-31-18/h5-10,13H,2-4,11-12,14-15H2,1H3,(H2,23,24,29,30). The maximum atomic E-state index is 12.3. The molecule has 0 saturated carbocycles. The number of hydrogen-bond acceptors (Lipinski definition) is 7. The molecule has 3 heterocycles. The number of amides is 3. The Balaban J connectivity index is 1.42. The van der Waals surface area contributed by atoms with Crippen LogP contribution in [0.3, 0.4) is 0 Å². The zero-order valence-corrected chi connectivity index (χ0v) is 19.5. The summed E-state index contributed by atoms with van der Waals surface area (Å²) in [5, 5.41) is 16.5. The van der Waals surface area contributed by atoms with Gasteiger partial charge in [0.25, 0.3) is 0 Å². The average Bonchev–Trinajstić information content (AvgIpc) is 3.47. The summed E-state index contributed by atoms with van der Waals surface area (Å²) in [5.41, 5.74) is 2.13. The molecule has 0 unspecified atom stereocenters. The van der Waals surface area contributed by atoms with E-state index in [1.165, 1.54) is 23.7 Å². The summed E-state index contributed by atoms with van der Waals surface area (Å²) < 4.78 is 2.00. The van der Waals surface area contributed by atoms with Crippen LogP contribution in [0.15, 0.2) is 46.9 Å². The fourth-order valence-electron chi connectivity index (χ4n) is 3.49. The van der Waals surface area contributed by atoms with Gasteiger partial charge >= 0.3 is 6.03 Å². The molecule has 0 bridgehead atoms. The highest BCUT2D eigenvalue weighted by Crippen LogP contribution is 2.28. The lowest BCUT2D eigenvalue weighted by atomic mass is 10.1. The smallest absolute Gasteiger partial charge is 0.321 e. The second-order valence-electron chi connectivity index (χ2n) is 7.60. The minimum absolute atomic E-state index is 0.0659. The molecule has 0 atom stereocenters. The van der Waals surface area contributed by atoms with Crippen molar-refractivity contribution < 1.29 is 9.59 Å². The predicted octanol–water partition coefficient (Wildman–Crippen LogP) is 3.75. The average molecular weight is 471 g/mol. The molecule has 10 heteroatoms. The highest BCUT2D eigenvalue weighted by molar-refractivity contribution is 7.99. The van der Waals surface area contributed by atoms with Crippen LogP contribution in [0.25, 0.3) is 5.69 Å². The largest absolute Gasteiger partial charge is 0.341 e. The molecular weight excluding hydrogens is 444 g/mol. The Morgan fingerprint density at radius 3 is 2.59 bits per heavy atom. The minimum Gasteiger partial charge on any atom is -0.341 e. The molecule has 0 radical (unpaired) electrons. The van der Waals surface area contributed by atoms with E-state index in [1.807, 2.05) is 41.1 Å². The monoisotopic (exact) mass is 470 g/mol. The van der Waals surface area contributed by atoms with Gasteiger partial charge in [-0.25, -0.2) is 4.79 Å². The first-order valence-electron chi connectivity index (χ1n) is 10.6. The second-order valence-corrected chi connectivity index (χ2v) is 9.57. The predicted molar refractivity (Wildman–Crippen MR) is 128 cm³/mol. The molecule has 32 heavy (non-hydrogen) atoms. The third kappa shape index (κ3) is 5.68. The fourth-order valence-corrected chi connectivity index (χ4v) is 4.88. The maximum absolute atomic E-state index is 12.3. The lowest BCUT2D eigenvalue weighted by Gasteiger charge is -2.27. The summed E-state index contributed by atoms with van der Waals surface area (Å²) in [6, 6.07) is 11.5. The topological polar surface area (TPSA) is 92.2 Å². The van der Waals surface area contributed by atoms with Gasteiger partial charge in [0.2, 0.25) is 11.9 Å². The highest BCUT2D eigenvalue weighted by atomic mass is 32.2. The van der Waals surface area contributed by atoms with Crippen molar-refractivity contribution in [1.82, 2.24) is 25.4 Å². The quantitative estimate of drug-likeness (QED) is 0.511. The first kappa shape index (κ1) is 22.3. The number of nitrogens with zero attached hydrogens (tertiary/aromatic N) is 4. The number of nitrogens with one attached hydrogen (secondary N) is 2. The van der Waals surface area contributed by atoms with Crippen molar-refractivity contribution in [3.8, 4) is 5.69 Å². The van der Waals surface area contributed by atoms with Crippen molar-refractivity contribution in [1.29, 1.82) is 0 Å².